The standard InChI is InChI=1S/C11H19N3/c1-4-5-9-10(6-8(2)3)13-7-14-11(9)12/h7-8H,4-6H2,1-3H3,(H2,12,13,14). The van der Waals surface area contributed by atoms with E-state index >= 15 is 0 Å². The van der Waals surface area contributed by atoms with E-state index in [2.05, 4.69) is 30.7 Å². The molecule has 3 nitrogen and oxygen atoms in total. The largest absolute Gasteiger partial charge is 0.383 e. The third-order valence-electron chi connectivity index (χ3n) is 2.17. The quantitative estimate of drug-likeness (QED) is 0.797. The van der Waals surface area contributed by atoms with Gasteiger partial charge in [-0.15, -0.1) is 0 Å². The molecule has 3 heteroatoms. The molecule has 0 fully saturated rings. The van der Waals surface area contributed by atoms with Gasteiger partial charge in [0.05, 0.1) is 0 Å². The molecule has 0 saturated heterocycles. The molecule has 0 radical (unpaired) electrons. The van der Waals surface area contributed by atoms with Crippen molar-refractivity contribution in [1.29, 1.82) is 0 Å². The first kappa shape index (κ1) is 11.0. The zero-order chi connectivity index (χ0) is 10.6. The lowest BCUT2D eigenvalue weighted by molar-refractivity contribution is 0.627. The van der Waals surface area contributed by atoms with Gasteiger partial charge in [-0.25, -0.2) is 9.97 Å². The Morgan fingerprint density at radius 3 is 2.64 bits per heavy atom. The Morgan fingerprint density at radius 2 is 2.07 bits per heavy atom. The van der Waals surface area contributed by atoms with Gasteiger partial charge >= 0.3 is 0 Å². The smallest absolute Gasteiger partial charge is 0.130 e. The summed E-state index contributed by atoms with van der Waals surface area (Å²) in [6.07, 6.45) is 4.62. The number of aromatic nitrogens is 2. The molecular formula is C11H19N3. The normalized spacial score (nSPS) is 10.9. The lowest BCUT2D eigenvalue weighted by Gasteiger charge is -2.11. The maximum Gasteiger partial charge on any atom is 0.130 e. The number of anilines is 1. The fourth-order valence-electron chi connectivity index (χ4n) is 1.55. The summed E-state index contributed by atoms with van der Waals surface area (Å²) < 4.78 is 0. The van der Waals surface area contributed by atoms with E-state index in [-0.39, 0.29) is 0 Å². The van der Waals surface area contributed by atoms with Gasteiger partial charge in [0, 0.05) is 11.3 Å². The summed E-state index contributed by atoms with van der Waals surface area (Å²) in [5.41, 5.74) is 8.09. The van der Waals surface area contributed by atoms with Crippen molar-refractivity contribution in [3.05, 3.63) is 17.6 Å². The van der Waals surface area contributed by atoms with E-state index in [1.807, 2.05) is 0 Å². The average Bonchev–Trinajstić information content (AvgIpc) is 2.10. The van der Waals surface area contributed by atoms with Gasteiger partial charge in [-0.1, -0.05) is 27.2 Å². The highest BCUT2D eigenvalue weighted by Crippen LogP contribution is 2.17. The number of nitrogen functional groups attached to an aromatic ring is 1. The SMILES string of the molecule is CCCc1c(N)ncnc1CC(C)C. The Balaban J connectivity index is 2.95. The van der Waals surface area contributed by atoms with Crippen molar-refractivity contribution in [2.75, 3.05) is 5.73 Å². The van der Waals surface area contributed by atoms with Crippen molar-refractivity contribution in [1.82, 2.24) is 9.97 Å². The number of rotatable bonds is 4. The summed E-state index contributed by atoms with van der Waals surface area (Å²) in [5.74, 6) is 1.26. The topological polar surface area (TPSA) is 51.8 Å². The van der Waals surface area contributed by atoms with Crippen molar-refractivity contribution >= 4 is 5.82 Å². The first-order chi connectivity index (χ1) is 6.65. The monoisotopic (exact) mass is 193 g/mol. The van der Waals surface area contributed by atoms with Crippen LogP contribution in [-0.2, 0) is 12.8 Å². The van der Waals surface area contributed by atoms with Gasteiger partial charge in [0.25, 0.3) is 0 Å². The van der Waals surface area contributed by atoms with Crippen molar-refractivity contribution in [3.8, 4) is 0 Å². The Hall–Kier alpha value is -1.12. The fraction of sp³-hybridized carbons (Fsp3) is 0.636. The molecule has 1 rings (SSSR count). The van der Waals surface area contributed by atoms with Crippen LogP contribution in [0.1, 0.15) is 38.4 Å². The van der Waals surface area contributed by atoms with Crippen molar-refractivity contribution in [2.24, 2.45) is 5.92 Å². The van der Waals surface area contributed by atoms with Crippen LogP contribution in [0.3, 0.4) is 0 Å². The molecule has 0 aliphatic rings. The van der Waals surface area contributed by atoms with Gasteiger partial charge in [-0.05, 0) is 18.8 Å². The van der Waals surface area contributed by atoms with Gasteiger partial charge in [-0.3, -0.25) is 0 Å². The van der Waals surface area contributed by atoms with Crippen LogP contribution in [0.4, 0.5) is 5.82 Å². The van der Waals surface area contributed by atoms with E-state index in [9.17, 15) is 0 Å². The molecule has 0 atom stereocenters. The predicted molar refractivity (Wildman–Crippen MR) is 59.0 cm³/mol. The van der Waals surface area contributed by atoms with E-state index in [0.717, 1.165) is 30.5 Å². The molecule has 0 saturated carbocycles. The summed E-state index contributed by atoms with van der Waals surface area (Å²) in [6, 6.07) is 0. The van der Waals surface area contributed by atoms with Crippen LogP contribution in [0.2, 0.25) is 0 Å². The predicted octanol–water partition coefficient (Wildman–Crippen LogP) is 2.21. The Kier molecular flexibility index (Phi) is 3.86. The minimum Gasteiger partial charge on any atom is -0.383 e. The molecule has 2 N–H and O–H groups in total. The van der Waals surface area contributed by atoms with Gasteiger partial charge in [0.2, 0.25) is 0 Å². The molecule has 14 heavy (non-hydrogen) atoms. The van der Waals surface area contributed by atoms with Crippen LogP contribution in [-0.4, -0.2) is 9.97 Å². The molecule has 1 heterocycles. The minimum absolute atomic E-state index is 0.611. The second kappa shape index (κ2) is 4.94. The molecule has 78 valence electrons. The van der Waals surface area contributed by atoms with Crippen LogP contribution in [0.15, 0.2) is 6.33 Å². The number of hydrogen-bond acceptors (Lipinski definition) is 3. The maximum absolute atomic E-state index is 5.83. The Bertz CT molecular complexity index is 295. The minimum atomic E-state index is 0.611. The van der Waals surface area contributed by atoms with Crippen molar-refractivity contribution in [3.63, 3.8) is 0 Å². The van der Waals surface area contributed by atoms with E-state index < -0.39 is 0 Å². The number of hydrogen-bond donors (Lipinski definition) is 1. The van der Waals surface area contributed by atoms with E-state index in [1.165, 1.54) is 0 Å². The molecule has 0 unspecified atom stereocenters. The molecule has 0 spiro atoms. The lowest BCUT2D eigenvalue weighted by atomic mass is 10.0. The average molecular weight is 193 g/mol. The Morgan fingerprint density at radius 1 is 1.36 bits per heavy atom. The molecule has 0 bridgehead atoms. The lowest BCUT2D eigenvalue weighted by Crippen LogP contribution is -2.07. The summed E-state index contributed by atoms with van der Waals surface area (Å²) in [6.45, 7) is 6.52. The molecular weight excluding hydrogens is 174 g/mol. The third-order valence-corrected chi connectivity index (χ3v) is 2.17. The highest BCUT2D eigenvalue weighted by atomic mass is 14.9. The van der Waals surface area contributed by atoms with Crippen LogP contribution < -0.4 is 5.73 Å². The summed E-state index contributed by atoms with van der Waals surface area (Å²) in [7, 11) is 0. The van der Waals surface area contributed by atoms with Gasteiger partial charge in [0.1, 0.15) is 12.1 Å². The molecule has 0 aliphatic carbocycles. The fourth-order valence-corrected chi connectivity index (χ4v) is 1.55. The summed E-state index contributed by atoms with van der Waals surface area (Å²) in [4.78, 5) is 8.34. The van der Waals surface area contributed by atoms with E-state index in [1.54, 1.807) is 6.33 Å². The van der Waals surface area contributed by atoms with Gasteiger partial charge < -0.3 is 5.73 Å². The maximum atomic E-state index is 5.83. The third kappa shape index (κ3) is 2.69. The first-order valence-corrected chi connectivity index (χ1v) is 5.23. The number of nitrogens with zero attached hydrogens (tertiary/aromatic N) is 2. The summed E-state index contributed by atoms with van der Waals surface area (Å²) in [5, 5.41) is 0. The van der Waals surface area contributed by atoms with E-state index in [4.69, 9.17) is 5.73 Å². The first-order valence-electron chi connectivity index (χ1n) is 5.23. The van der Waals surface area contributed by atoms with Crippen molar-refractivity contribution in [2.45, 2.75) is 40.0 Å². The molecule has 1 aromatic heterocycles. The molecule has 0 aliphatic heterocycles. The van der Waals surface area contributed by atoms with Crippen LogP contribution in [0.25, 0.3) is 0 Å². The molecule has 1 aromatic rings. The van der Waals surface area contributed by atoms with Gasteiger partial charge in [0.15, 0.2) is 0 Å². The van der Waals surface area contributed by atoms with E-state index in [0.29, 0.717) is 11.7 Å². The van der Waals surface area contributed by atoms with Crippen molar-refractivity contribution < 1.29 is 0 Å². The highest BCUT2D eigenvalue weighted by molar-refractivity contribution is 5.41. The van der Waals surface area contributed by atoms with Crippen LogP contribution in [0.5, 0.6) is 0 Å². The number of nitrogens with two attached hydrogens (primary N) is 1. The molecule has 0 amide bonds. The Labute approximate surface area is 85.8 Å². The highest BCUT2D eigenvalue weighted by Gasteiger charge is 2.09. The van der Waals surface area contributed by atoms with Crippen LogP contribution >= 0.6 is 0 Å². The molecule has 0 aromatic carbocycles. The summed E-state index contributed by atoms with van der Waals surface area (Å²) >= 11 is 0. The van der Waals surface area contributed by atoms with Crippen LogP contribution in [0, 0.1) is 5.92 Å². The zero-order valence-electron chi connectivity index (χ0n) is 9.25. The second-order valence-corrected chi connectivity index (χ2v) is 4.03. The second-order valence-electron chi connectivity index (χ2n) is 4.03. The van der Waals surface area contributed by atoms with Gasteiger partial charge in [-0.2, -0.15) is 0 Å². The zero-order valence-corrected chi connectivity index (χ0v) is 9.25.